The number of likely N-dealkylation sites (tertiary alicyclic amines) is 1. The van der Waals surface area contributed by atoms with Gasteiger partial charge in [-0.15, -0.1) is 0 Å². The normalized spacial score (nSPS) is 19.0. The number of halogens is 3. The molecular weight excluding hydrogens is 374 g/mol. The molecule has 26 heavy (non-hydrogen) atoms. The van der Waals surface area contributed by atoms with Crippen LogP contribution >= 0.6 is 23.2 Å². The van der Waals surface area contributed by atoms with Crippen LogP contribution < -0.4 is 4.90 Å². The van der Waals surface area contributed by atoms with E-state index in [0.29, 0.717) is 22.2 Å². The zero-order valence-electron chi connectivity index (χ0n) is 14.4. The Kier molecular flexibility index (Phi) is 4.46. The third-order valence-electron chi connectivity index (χ3n) is 5.58. The smallest absolute Gasteiger partial charge is 0.258 e. The number of benzene rings is 2. The van der Waals surface area contributed by atoms with E-state index >= 15 is 0 Å². The van der Waals surface area contributed by atoms with Crippen molar-refractivity contribution in [3.05, 3.63) is 63.4 Å². The van der Waals surface area contributed by atoms with Crippen LogP contribution in [0.1, 0.15) is 28.8 Å². The van der Waals surface area contributed by atoms with Crippen LogP contribution in [-0.2, 0) is 5.41 Å². The third-order valence-corrected chi connectivity index (χ3v) is 6.02. The lowest BCUT2D eigenvalue weighted by Gasteiger charge is -2.38. The predicted octanol–water partition coefficient (Wildman–Crippen LogP) is 4.76. The largest absolute Gasteiger partial charge is 0.307 e. The highest BCUT2D eigenvalue weighted by Gasteiger charge is 2.46. The molecule has 3 nitrogen and oxygen atoms in total. The molecule has 0 N–H and O–H groups in total. The van der Waals surface area contributed by atoms with Crippen molar-refractivity contribution in [2.24, 2.45) is 0 Å². The summed E-state index contributed by atoms with van der Waals surface area (Å²) in [6.45, 7) is 2.42. The van der Waals surface area contributed by atoms with Gasteiger partial charge in [0.1, 0.15) is 5.82 Å². The van der Waals surface area contributed by atoms with Crippen LogP contribution in [0.2, 0.25) is 10.0 Å². The molecule has 1 fully saturated rings. The summed E-state index contributed by atoms with van der Waals surface area (Å²) < 4.78 is 14.0. The number of amides is 1. The van der Waals surface area contributed by atoms with Crippen LogP contribution in [0.25, 0.3) is 0 Å². The molecule has 1 saturated heterocycles. The zero-order valence-corrected chi connectivity index (χ0v) is 15.9. The van der Waals surface area contributed by atoms with E-state index in [0.717, 1.165) is 37.2 Å². The number of carbonyl (C=O) groups excluding carboxylic acids is 1. The summed E-state index contributed by atoms with van der Waals surface area (Å²) in [6, 6.07) is 9.57. The van der Waals surface area contributed by atoms with E-state index in [9.17, 15) is 9.18 Å². The van der Waals surface area contributed by atoms with Gasteiger partial charge in [0.25, 0.3) is 5.91 Å². The quantitative estimate of drug-likeness (QED) is 0.698. The molecule has 2 heterocycles. The molecular formula is C20H19Cl2FN2O. The Hall–Kier alpha value is -1.62. The fourth-order valence-corrected chi connectivity index (χ4v) is 4.66. The predicted molar refractivity (Wildman–Crippen MR) is 103 cm³/mol. The van der Waals surface area contributed by atoms with E-state index in [-0.39, 0.29) is 17.1 Å². The van der Waals surface area contributed by atoms with Gasteiger partial charge in [-0.2, -0.15) is 0 Å². The van der Waals surface area contributed by atoms with Crippen molar-refractivity contribution in [1.82, 2.24) is 4.90 Å². The van der Waals surface area contributed by atoms with Gasteiger partial charge in [-0.05, 0) is 74.9 Å². The molecule has 136 valence electrons. The number of hydrogen-bond donors (Lipinski definition) is 0. The number of fused-ring (bicyclic) bond motifs is 2. The summed E-state index contributed by atoms with van der Waals surface area (Å²) in [6.07, 6.45) is 1.81. The molecule has 4 rings (SSSR count). The van der Waals surface area contributed by atoms with Gasteiger partial charge in [0, 0.05) is 33.3 Å². The zero-order chi connectivity index (χ0) is 18.5. The molecule has 0 atom stereocenters. The van der Waals surface area contributed by atoms with Crippen molar-refractivity contribution in [3.63, 3.8) is 0 Å². The fraction of sp³-hybridized carbons (Fsp3) is 0.350. The van der Waals surface area contributed by atoms with Crippen LogP contribution in [0.4, 0.5) is 10.1 Å². The lowest BCUT2D eigenvalue weighted by Crippen LogP contribution is -2.44. The summed E-state index contributed by atoms with van der Waals surface area (Å²) in [5.41, 5.74) is 1.98. The van der Waals surface area contributed by atoms with Crippen molar-refractivity contribution in [1.29, 1.82) is 0 Å². The van der Waals surface area contributed by atoms with E-state index < -0.39 is 0 Å². The minimum atomic E-state index is -0.262. The van der Waals surface area contributed by atoms with Crippen molar-refractivity contribution >= 4 is 34.8 Å². The van der Waals surface area contributed by atoms with E-state index in [2.05, 4.69) is 11.9 Å². The van der Waals surface area contributed by atoms with Crippen LogP contribution in [0, 0.1) is 5.82 Å². The third kappa shape index (κ3) is 3.00. The second kappa shape index (κ2) is 6.52. The SMILES string of the molecule is CN1CCC2(CC1)CN(C(=O)c1cc(Cl)cc(Cl)c1)c1ccc(F)cc12. The Morgan fingerprint density at radius 3 is 2.38 bits per heavy atom. The minimum absolute atomic E-state index is 0.155. The minimum Gasteiger partial charge on any atom is -0.307 e. The van der Waals surface area contributed by atoms with Gasteiger partial charge in [0.15, 0.2) is 0 Å². The second-order valence-corrected chi connectivity index (χ2v) is 8.17. The summed E-state index contributed by atoms with van der Waals surface area (Å²) in [7, 11) is 2.09. The van der Waals surface area contributed by atoms with Crippen LogP contribution in [0.5, 0.6) is 0 Å². The summed E-state index contributed by atoms with van der Waals surface area (Å²) in [4.78, 5) is 17.2. The van der Waals surface area contributed by atoms with E-state index in [1.807, 2.05) is 0 Å². The fourth-order valence-electron chi connectivity index (χ4n) is 4.13. The number of piperidine rings is 1. The average molecular weight is 393 g/mol. The van der Waals surface area contributed by atoms with Crippen molar-refractivity contribution in [2.45, 2.75) is 18.3 Å². The molecule has 0 bridgehead atoms. The van der Waals surface area contributed by atoms with Crippen LogP contribution in [-0.4, -0.2) is 37.5 Å². The van der Waals surface area contributed by atoms with Gasteiger partial charge < -0.3 is 9.80 Å². The van der Waals surface area contributed by atoms with Gasteiger partial charge in [-0.3, -0.25) is 4.79 Å². The summed E-state index contributed by atoms with van der Waals surface area (Å²) in [5.74, 6) is -0.416. The van der Waals surface area contributed by atoms with Crippen molar-refractivity contribution < 1.29 is 9.18 Å². The Labute approximate surface area is 162 Å². The van der Waals surface area contributed by atoms with Crippen molar-refractivity contribution in [2.75, 3.05) is 31.6 Å². The monoisotopic (exact) mass is 392 g/mol. The maximum Gasteiger partial charge on any atom is 0.258 e. The maximum atomic E-state index is 14.0. The van der Waals surface area contributed by atoms with E-state index in [1.54, 1.807) is 35.2 Å². The summed E-state index contributed by atoms with van der Waals surface area (Å²) in [5, 5.41) is 0.849. The van der Waals surface area contributed by atoms with Crippen LogP contribution in [0.3, 0.4) is 0 Å². The standard InChI is InChI=1S/C20H19Cl2FN2O/c1-24-6-4-20(5-7-24)12-25(18-3-2-16(23)11-17(18)20)19(26)13-8-14(21)10-15(22)9-13/h2-3,8-11H,4-7,12H2,1H3. The molecule has 1 spiro atoms. The Morgan fingerprint density at radius 1 is 1.08 bits per heavy atom. The second-order valence-electron chi connectivity index (χ2n) is 7.29. The number of nitrogens with zero attached hydrogens (tertiary/aromatic N) is 2. The molecule has 0 radical (unpaired) electrons. The van der Waals surface area contributed by atoms with Gasteiger partial charge >= 0.3 is 0 Å². The Morgan fingerprint density at radius 2 is 1.73 bits per heavy atom. The average Bonchev–Trinajstić information content (AvgIpc) is 2.90. The number of rotatable bonds is 1. The lowest BCUT2D eigenvalue weighted by atomic mass is 9.74. The highest BCUT2D eigenvalue weighted by Crippen LogP contribution is 2.47. The van der Waals surface area contributed by atoms with Gasteiger partial charge in [0.2, 0.25) is 0 Å². The highest BCUT2D eigenvalue weighted by molar-refractivity contribution is 6.35. The molecule has 0 aliphatic carbocycles. The molecule has 0 unspecified atom stereocenters. The molecule has 1 amide bonds. The van der Waals surface area contributed by atoms with E-state index in [1.165, 1.54) is 6.07 Å². The molecule has 0 saturated carbocycles. The Balaban J connectivity index is 1.75. The first kappa shape index (κ1) is 17.8. The first-order valence-electron chi connectivity index (χ1n) is 8.64. The van der Waals surface area contributed by atoms with Crippen LogP contribution in [0.15, 0.2) is 36.4 Å². The first-order chi connectivity index (χ1) is 12.4. The molecule has 6 heteroatoms. The molecule has 2 aromatic carbocycles. The summed E-state index contributed by atoms with van der Waals surface area (Å²) >= 11 is 12.1. The molecule has 0 aromatic heterocycles. The molecule has 2 aliphatic rings. The number of carbonyl (C=O) groups is 1. The van der Waals surface area contributed by atoms with Gasteiger partial charge in [-0.25, -0.2) is 4.39 Å². The highest BCUT2D eigenvalue weighted by atomic mass is 35.5. The maximum absolute atomic E-state index is 14.0. The van der Waals surface area contributed by atoms with Gasteiger partial charge in [-0.1, -0.05) is 23.2 Å². The number of anilines is 1. The Bertz CT molecular complexity index is 858. The lowest BCUT2D eigenvalue weighted by molar-refractivity contribution is 0.0979. The molecule has 2 aliphatic heterocycles. The first-order valence-corrected chi connectivity index (χ1v) is 9.40. The number of hydrogen-bond acceptors (Lipinski definition) is 2. The van der Waals surface area contributed by atoms with E-state index in [4.69, 9.17) is 23.2 Å². The van der Waals surface area contributed by atoms with Gasteiger partial charge in [0.05, 0.1) is 0 Å². The molecule has 2 aromatic rings. The van der Waals surface area contributed by atoms with Crippen molar-refractivity contribution in [3.8, 4) is 0 Å². The topological polar surface area (TPSA) is 23.6 Å².